The zero-order valence-electron chi connectivity index (χ0n) is 10.0. The molecule has 6 nitrogen and oxygen atoms in total. The van der Waals surface area contributed by atoms with E-state index in [0.29, 0.717) is 6.42 Å². The van der Waals surface area contributed by atoms with Gasteiger partial charge in [-0.15, -0.1) is 0 Å². The zero-order chi connectivity index (χ0) is 13.1. The van der Waals surface area contributed by atoms with Crippen LogP contribution in [0.25, 0.3) is 0 Å². The van der Waals surface area contributed by atoms with Gasteiger partial charge in [0.15, 0.2) is 0 Å². The maximum absolute atomic E-state index is 11.8. The number of nitrogens with two attached hydrogens (primary N) is 1. The van der Waals surface area contributed by atoms with Gasteiger partial charge in [-0.1, -0.05) is 6.07 Å². The molecule has 0 aliphatic heterocycles. The van der Waals surface area contributed by atoms with E-state index in [2.05, 4.69) is 4.98 Å². The zero-order valence-corrected chi connectivity index (χ0v) is 10.0. The third-order valence-corrected chi connectivity index (χ3v) is 2.68. The van der Waals surface area contributed by atoms with Gasteiger partial charge in [0.05, 0.1) is 0 Å². The monoisotopic (exact) mass is 246 g/mol. The van der Waals surface area contributed by atoms with Crippen molar-refractivity contribution in [2.24, 2.45) is 7.05 Å². The first-order chi connectivity index (χ1) is 8.59. The van der Waals surface area contributed by atoms with Crippen molar-refractivity contribution in [2.45, 2.75) is 13.0 Å². The molecule has 0 aromatic carbocycles. The Morgan fingerprint density at radius 2 is 2.11 bits per heavy atom. The Bertz CT molecular complexity index is 624. The highest BCUT2D eigenvalue weighted by molar-refractivity contribution is 5.30. The van der Waals surface area contributed by atoms with Crippen molar-refractivity contribution in [3.05, 3.63) is 57.1 Å². The van der Waals surface area contributed by atoms with Crippen molar-refractivity contribution < 1.29 is 0 Å². The molecule has 0 atom stereocenters. The average Bonchev–Trinajstić information content (AvgIpc) is 2.38. The highest BCUT2D eigenvalue weighted by Gasteiger charge is 2.07. The molecule has 0 radical (unpaired) electrons. The quantitative estimate of drug-likeness (QED) is 0.810. The lowest BCUT2D eigenvalue weighted by atomic mass is 10.3. The number of rotatable bonds is 3. The summed E-state index contributed by atoms with van der Waals surface area (Å²) >= 11 is 0. The van der Waals surface area contributed by atoms with Crippen molar-refractivity contribution >= 4 is 5.69 Å². The van der Waals surface area contributed by atoms with Crippen LogP contribution < -0.4 is 17.0 Å². The predicted molar refractivity (Wildman–Crippen MR) is 68.3 cm³/mol. The molecule has 2 aromatic rings. The van der Waals surface area contributed by atoms with E-state index in [4.69, 9.17) is 5.73 Å². The van der Waals surface area contributed by atoms with Gasteiger partial charge in [-0.25, -0.2) is 4.79 Å². The van der Waals surface area contributed by atoms with E-state index in [0.717, 1.165) is 10.3 Å². The predicted octanol–water partition coefficient (Wildman–Crippen LogP) is -0.233. The Kier molecular flexibility index (Phi) is 3.27. The highest BCUT2D eigenvalue weighted by Crippen LogP contribution is 1.96. The van der Waals surface area contributed by atoms with E-state index in [9.17, 15) is 9.59 Å². The summed E-state index contributed by atoms with van der Waals surface area (Å²) in [5, 5.41) is 0. The number of pyridine rings is 1. The fraction of sp³-hybridized carbons (Fsp3) is 0.250. The van der Waals surface area contributed by atoms with E-state index in [1.54, 1.807) is 13.2 Å². The van der Waals surface area contributed by atoms with Crippen LogP contribution in [-0.4, -0.2) is 14.1 Å². The second kappa shape index (κ2) is 4.87. The molecule has 18 heavy (non-hydrogen) atoms. The molecule has 6 heteroatoms. The Labute approximate surface area is 103 Å². The van der Waals surface area contributed by atoms with Gasteiger partial charge in [0.1, 0.15) is 5.69 Å². The number of aromatic nitrogens is 3. The smallest absolute Gasteiger partial charge is 0.330 e. The topological polar surface area (TPSA) is 82.9 Å². The van der Waals surface area contributed by atoms with Crippen molar-refractivity contribution in [2.75, 3.05) is 5.73 Å². The number of nitrogen functional groups attached to an aromatic ring is 1. The maximum atomic E-state index is 11.8. The summed E-state index contributed by atoms with van der Waals surface area (Å²) in [6, 6.07) is 5.53. The van der Waals surface area contributed by atoms with Crippen molar-refractivity contribution in [3.8, 4) is 0 Å². The molecule has 2 heterocycles. The first-order valence-corrected chi connectivity index (χ1v) is 5.55. The van der Waals surface area contributed by atoms with Gasteiger partial charge in [0.25, 0.3) is 5.56 Å². The number of hydrogen-bond acceptors (Lipinski definition) is 4. The molecule has 0 amide bonds. The molecule has 0 bridgehead atoms. The van der Waals surface area contributed by atoms with Gasteiger partial charge in [-0.05, 0) is 12.1 Å². The third kappa shape index (κ3) is 2.32. The molecule has 2 N–H and O–H groups in total. The Morgan fingerprint density at radius 3 is 2.78 bits per heavy atom. The van der Waals surface area contributed by atoms with E-state index < -0.39 is 5.56 Å². The second-order valence-electron chi connectivity index (χ2n) is 4.01. The van der Waals surface area contributed by atoms with E-state index in [-0.39, 0.29) is 17.9 Å². The second-order valence-corrected chi connectivity index (χ2v) is 4.01. The first-order valence-electron chi connectivity index (χ1n) is 5.55. The van der Waals surface area contributed by atoms with Crippen LogP contribution in [0.4, 0.5) is 5.69 Å². The summed E-state index contributed by atoms with van der Waals surface area (Å²) in [7, 11) is 1.56. The van der Waals surface area contributed by atoms with Crippen LogP contribution in [0.15, 0.2) is 40.2 Å². The molecule has 0 saturated carbocycles. The minimum Gasteiger partial charge on any atom is -0.393 e. The number of hydrogen-bond donors (Lipinski definition) is 1. The standard InChI is InChI=1S/C12H14N4O2/c1-15-8-10(13)11(17)16(12(15)18)7-5-9-4-2-3-6-14-9/h2-4,6,8H,5,7,13H2,1H3. The molecule has 0 aliphatic carbocycles. The molecule has 0 aliphatic rings. The van der Waals surface area contributed by atoms with E-state index in [1.807, 2.05) is 18.2 Å². The molecule has 0 saturated heterocycles. The Morgan fingerprint density at radius 1 is 1.33 bits per heavy atom. The molecular formula is C12H14N4O2. The summed E-state index contributed by atoms with van der Waals surface area (Å²) in [4.78, 5) is 27.7. The van der Waals surface area contributed by atoms with Crippen LogP contribution in [0.2, 0.25) is 0 Å². The number of anilines is 1. The van der Waals surface area contributed by atoms with Gasteiger partial charge in [-0.2, -0.15) is 0 Å². The van der Waals surface area contributed by atoms with Crippen molar-refractivity contribution in [1.82, 2.24) is 14.1 Å². The normalized spacial score (nSPS) is 10.5. The van der Waals surface area contributed by atoms with Gasteiger partial charge >= 0.3 is 5.69 Å². The Hall–Kier alpha value is -2.37. The third-order valence-electron chi connectivity index (χ3n) is 2.68. The van der Waals surface area contributed by atoms with Crippen molar-refractivity contribution in [3.63, 3.8) is 0 Å². The number of aryl methyl sites for hydroxylation is 2. The van der Waals surface area contributed by atoms with Crippen LogP contribution in [0.1, 0.15) is 5.69 Å². The van der Waals surface area contributed by atoms with Gasteiger partial charge in [0.2, 0.25) is 0 Å². The largest absolute Gasteiger partial charge is 0.393 e. The molecule has 0 unspecified atom stereocenters. The summed E-state index contributed by atoms with van der Waals surface area (Å²) in [5.74, 6) is 0. The SMILES string of the molecule is Cn1cc(N)c(=O)n(CCc2ccccn2)c1=O. The molecule has 94 valence electrons. The minimum absolute atomic E-state index is 0.0677. The van der Waals surface area contributed by atoms with Crippen LogP contribution in [0.3, 0.4) is 0 Å². The van der Waals surface area contributed by atoms with Crippen LogP contribution in [0.5, 0.6) is 0 Å². The minimum atomic E-state index is -0.450. The van der Waals surface area contributed by atoms with Crippen LogP contribution >= 0.6 is 0 Å². The summed E-state index contributed by atoms with van der Waals surface area (Å²) < 4.78 is 2.43. The van der Waals surface area contributed by atoms with Gasteiger partial charge < -0.3 is 10.3 Å². The van der Waals surface area contributed by atoms with E-state index >= 15 is 0 Å². The van der Waals surface area contributed by atoms with Crippen LogP contribution in [0, 0.1) is 0 Å². The Balaban J connectivity index is 2.30. The molecule has 2 rings (SSSR count). The molecule has 0 spiro atoms. The highest BCUT2D eigenvalue weighted by atomic mass is 16.2. The van der Waals surface area contributed by atoms with Crippen molar-refractivity contribution in [1.29, 1.82) is 0 Å². The van der Waals surface area contributed by atoms with Gasteiger partial charge in [0, 0.05) is 38.1 Å². The number of nitrogens with zero attached hydrogens (tertiary/aromatic N) is 3. The summed E-state index contributed by atoms with van der Waals surface area (Å²) in [6.07, 6.45) is 3.52. The molecule has 0 fully saturated rings. The van der Waals surface area contributed by atoms with E-state index in [1.165, 1.54) is 10.8 Å². The molecule has 2 aromatic heterocycles. The molecular weight excluding hydrogens is 232 g/mol. The lowest BCUT2D eigenvalue weighted by Gasteiger charge is -2.07. The average molecular weight is 246 g/mol. The lowest BCUT2D eigenvalue weighted by molar-refractivity contribution is 0.588. The van der Waals surface area contributed by atoms with Gasteiger partial charge in [-0.3, -0.25) is 14.3 Å². The fourth-order valence-electron chi connectivity index (χ4n) is 1.72. The summed E-state index contributed by atoms with van der Waals surface area (Å²) in [6.45, 7) is 0.271. The maximum Gasteiger partial charge on any atom is 0.330 e. The van der Waals surface area contributed by atoms with Crippen LogP contribution in [-0.2, 0) is 20.0 Å². The first kappa shape index (κ1) is 12.1. The lowest BCUT2D eigenvalue weighted by Crippen LogP contribution is -2.40. The fourth-order valence-corrected chi connectivity index (χ4v) is 1.72. The summed E-state index contributed by atoms with van der Waals surface area (Å²) in [5.41, 5.74) is 5.63.